The lowest BCUT2D eigenvalue weighted by molar-refractivity contribution is -0.130. The van der Waals surface area contributed by atoms with E-state index in [0.29, 0.717) is 16.9 Å². The molecule has 2 aromatic carbocycles. The number of carbonyl (C=O) groups excluding carboxylic acids is 3. The summed E-state index contributed by atoms with van der Waals surface area (Å²) in [7, 11) is 0. The third-order valence-electron chi connectivity index (χ3n) is 2.98. The molecule has 0 spiro atoms. The van der Waals surface area contributed by atoms with Crippen molar-refractivity contribution >= 4 is 35.6 Å². The van der Waals surface area contributed by atoms with Crippen LogP contribution in [0.15, 0.2) is 64.1 Å². The van der Waals surface area contributed by atoms with Crippen molar-refractivity contribution in [1.82, 2.24) is 0 Å². The largest absolute Gasteiger partial charge is 0.423 e. The smallest absolute Gasteiger partial charge is 0.339 e. The minimum absolute atomic E-state index is 0.278. The summed E-state index contributed by atoms with van der Waals surface area (Å²) in [6.45, 7) is 1.62. The lowest BCUT2D eigenvalue weighted by Gasteiger charge is -2.05. The van der Waals surface area contributed by atoms with Crippen molar-refractivity contribution in [3.8, 4) is 5.75 Å². The second kappa shape index (κ2) is 8.15. The van der Waals surface area contributed by atoms with Crippen molar-refractivity contribution in [1.29, 1.82) is 0 Å². The summed E-state index contributed by atoms with van der Waals surface area (Å²) in [5, 5.41) is 0. The van der Waals surface area contributed by atoms with Gasteiger partial charge in [0.25, 0.3) is 0 Å². The van der Waals surface area contributed by atoms with Crippen LogP contribution in [0.3, 0.4) is 0 Å². The molecule has 2 rings (SSSR count). The monoisotopic (exact) mass is 320 g/mol. The Morgan fingerprint density at radius 3 is 2.33 bits per heavy atom. The van der Waals surface area contributed by atoms with E-state index in [0.717, 1.165) is 5.56 Å². The maximum Gasteiger partial charge on any atom is 0.339 e. The molecule has 6 heteroatoms. The predicted molar refractivity (Wildman–Crippen MR) is 87.7 cm³/mol. The van der Waals surface area contributed by atoms with E-state index in [2.05, 4.69) is 9.98 Å². The van der Waals surface area contributed by atoms with Crippen molar-refractivity contribution < 1.29 is 19.1 Å². The van der Waals surface area contributed by atoms with E-state index >= 15 is 0 Å². The van der Waals surface area contributed by atoms with E-state index in [1.165, 1.54) is 18.2 Å². The first-order chi connectivity index (χ1) is 11.6. The number of aliphatic imine (C=N–C) groups is 2. The summed E-state index contributed by atoms with van der Waals surface area (Å²) >= 11 is 0. The van der Waals surface area contributed by atoms with Crippen LogP contribution in [0.4, 0.5) is 11.4 Å². The van der Waals surface area contributed by atoms with Crippen molar-refractivity contribution in [3.05, 3.63) is 59.7 Å². The fraction of sp³-hybridized carbons (Fsp3) is 0.0556. The van der Waals surface area contributed by atoms with Gasteiger partial charge in [-0.1, -0.05) is 18.2 Å². The first-order valence-electron chi connectivity index (χ1n) is 6.89. The third kappa shape index (κ3) is 4.71. The summed E-state index contributed by atoms with van der Waals surface area (Å²) in [6, 6.07) is 13.0. The Balaban J connectivity index is 2.12. The van der Waals surface area contributed by atoms with Crippen LogP contribution in [0, 0.1) is 0 Å². The lowest BCUT2D eigenvalue weighted by atomic mass is 10.1. The average Bonchev–Trinajstić information content (AvgIpc) is 2.57. The molecule has 0 aliphatic heterocycles. The molecule has 0 saturated carbocycles. The number of esters is 1. The van der Waals surface area contributed by atoms with Crippen molar-refractivity contribution in [2.75, 3.05) is 0 Å². The molecule has 0 radical (unpaired) electrons. The minimum atomic E-state index is -0.530. The van der Waals surface area contributed by atoms with Crippen LogP contribution in [0.5, 0.6) is 5.75 Å². The highest BCUT2D eigenvalue weighted by atomic mass is 16.5. The molecule has 0 aromatic heterocycles. The Morgan fingerprint density at radius 1 is 1.00 bits per heavy atom. The molecule has 118 valence electrons. The summed E-state index contributed by atoms with van der Waals surface area (Å²) in [5.74, 6) is -0.253. The van der Waals surface area contributed by atoms with Crippen LogP contribution >= 0.6 is 0 Å². The van der Waals surface area contributed by atoms with E-state index in [1.54, 1.807) is 55.5 Å². The van der Waals surface area contributed by atoms with E-state index in [4.69, 9.17) is 4.74 Å². The normalized spacial score (nSPS) is 10.3. The van der Waals surface area contributed by atoms with Crippen molar-refractivity contribution in [2.45, 2.75) is 6.92 Å². The number of nitrogens with zero attached hydrogens (tertiary/aromatic N) is 2. The second-order valence-electron chi connectivity index (χ2n) is 4.71. The quantitative estimate of drug-likeness (QED) is 0.277. The molecule has 0 atom stereocenters. The molecule has 6 nitrogen and oxygen atoms in total. The van der Waals surface area contributed by atoms with E-state index < -0.39 is 5.97 Å². The van der Waals surface area contributed by atoms with Gasteiger partial charge in [-0.3, -0.25) is 0 Å². The van der Waals surface area contributed by atoms with Gasteiger partial charge < -0.3 is 4.74 Å². The molecule has 0 bridgehead atoms. The topological polar surface area (TPSA) is 85.2 Å². The number of ether oxygens (including phenoxy) is 1. The van der Waals surface area contributed by atoms with E-state index in [-0.39, 0.29) is 5.75 Å². The van der Waals surface area contributed by atoms with Crippen LogP contribution in [0.2, 0.25) is 0 Å². The highest BCUT2D eigenvalue weighted by molar-refractivity contribution is 5.94. The highest BCUT2D eigenvalue weighted by Crippen LogP contribution is 2.21. The fourth-order valence-corrected chi connectivity index (χ4v) is 1.86. The van der Waals surface area contributed by atoms with Gasteiger partial charge in [-0.2, -0.15) is 9.98 Å². The van der Waals surface area contributed by atoms with Gasteiger partial charge in [-0.25, -0.2) is 14.4 Å². The van der Waals surface area contributed by atoms with Gasteiger partial charge in [0, 0.05) is 11.6 Å². The standard InChI is InChI=1S/C18H12N2O4/c1-13(9-14-5-7-15(8-6-14)19-11-21)18(23)24-17-4-2-3-16(10-17)20-12-22/h2-10H,1H3. The number of hydrogen-bond donors (Lipinski definition) is 0. The van der Waals surface area contributed by atoms with Gasteiger partial charge in [-0.15, -0.1) is 0 Å². The first-order valence-corrected chi connectivity index (χ1v) is 6.89. The zero-order valence-corrected chi connectivity index (χ0v) is 12.7. The predicted octanol–water partition coefficient (Wildman–Crippen LogP) is 3.63. The summed E-state index contributed by atoms with van der Waals surface area (Å²) in [5.41, 5.74) is 1.97. The third-order valence-corrected chi connectivity index (χ3v) is 2.98. The molecular formula is C18H12N2O4. The van der Waals surface area contributed by atoms with Gasteiger partial charge in [0.1, 0.15) is 5.75 Å². The maximum atomic E-state index is 12.1. The molecule has 0 fully saturated rings. The van der Waals surface area contributed by atoms with Gasteiger partial charge in [-0.05, 0) is 42.8 Å². The van der Waals surface area contributed by atoms with Crippen LogP contribution in [0.1, 0.15) is 12.5 Å². The molecule has 0 saturated heterocycles. The van der Waals surface area contributed by atoms with E-state index in [9.17, 15) is 14.4 Å². The van der Waals surface area contributed by atoms with Crippen LogP contribution < -0.4 is 4.74 Å². The number of hydrogen-bond acceptors (Lipinski definition) is 6. The van der Waals surface area contributed by atoms with Crippen LogP contribution in [-0.4, -0.2) is 18.1 Å². The lowest BCUT2D eigenvalue weighted by Crippen LogP contribution is -2.08. The average molecular weight is 320 g/mol. The SMILES string of the molecule is CC(=Cc1ccc(N=C=O)cc1)C(=O)Oc1cccc(N=C=O)c1. The molecule has 0 heterocycles. The molecule has 0 amide bonds. The second-order valence-corrected chi connectivity index (χ2v) is 4.71. The van der Waals surface area contributed by atoms with Gasteiger partial charge in [0.2, 0.25) is 12.2 Å². The molecule has 0 N–H and O–H groups in total. The summed E-state index contributed by atoms with van der Waals surface area (Å²) in [6.07, 6.45) is 4.53. The Morgan fingerprint density at radius 2 is 1.67 bits per heavy atom. The summed E-state index contributed by atoms with van der Waals surface area (Å²) < 4.78 is 5.23. The minimum Gasteiger partial charge on any atom is -0.423 e. The van der Waals surface area contributed by atoms with Crippen LogP contribution in [0.25, 0.3) is 6.08 Å². The Labute approximate surface area is 137 Å². The van der Waals surface area contributed by atoms with Gasteiger partial charge in [0.15, 0.2) is 0 Å². The Kier molecular flexibility index (Phi) is 5.70. The molecule has 2 aromatic rings. The molecule has 0 aliphatic carbocycles. The summed E-state index contributed by atoms with van der Waals surface area (Å²) in [4.78, 5) is 39.5. The molecule has 0 unspecified atom stereocenters. The fourth-order valence-electron chi connectivity index (χ4n) is 1.86. The first kappa shape index (κ1) is 16.8. The molecular weight excluding hydrogens is 308 g/mol. The number of isocyanates is 2. The molecule has 0 aliphatic rings. The van der Waals surface area contributed by atoms with Crippen molar-refractivity contribution in [2.24, 2.45) is 9.98 Å². The number of benzene rings is 2. The van der Waals surface area contributed by atoms with Crippen LogP contribution in [-0.2, 0) is 14.4 Å². The number of rotatable bonds is 5. The highest BCUT2D eigenvalue weighted by Gasteiger charge is 2.08. The zero-order valence-electron chi connectivity index (χ0n) is 12.7. The maximum absolute atomic E-state index is 12.1. The van der Waals surface area contributed by atoms with Crippen molar-refractivity contribution in [3.63, 3.8) is 0 Å². The molecule has 24 heavy (non-hydrogen) atoms. The number of carbonyl (C=O) groups is 1. The zero-order chi connectivity index (χ0) is 17.4. The van der Waals surface area contributed by atoms with E-state index in [1.807, 2.05) is 0 Å². The Bertz CT molecular complexity index is 872. The van der Waals surface area contributed by atoms with Gasteiger partial charge in [0.05, 0.1) is 11.4 Å². The Hall–Kier alpha value is -3.59. The van der Waals surface area contributed by atoms with Gasteiger partial charge >= 0.3 is 5.97 Å².